The van der Waals surface area contributed by atoms with Gasteiger partial charge in [-0.05, 0) is 31.0 Å². The maximum Gasteiger partial charge on any atom is 0.175 e. The molecule has 0 aliphatic rings. The van der Waals surface area contributed by atoms with Crippen molar-refractivity contribution in [3.8, 4) is 11.1 Å². The number of hydrogen-bond acceptors (Lipinski definition) is 4. The van der Waals surface area contributed by atoms with Gasteiger partial charge < -0.3 is 16.0 Å². The molecular formula is C12H15N3O. The molecule has 0 aliphatic heterocycles. The first-order valence-corrected chi connectivity index (χ1v) is 5.17. The fourth-order valence-corrected chi connectivity index (χ4v) is 1.72. The molecule has 2 rings (SSSR count). The molecule has 0 radical (unpaired) electrons. The van der Waals surface area contributed by atoms with Gasteiger partial charge in [0.25, 0.3) is 0 Å². The standard InChI is InChI=1S/C12H15N3O/c1-7(13)9-4-3-5-10(6-9)11-8(2)16-15-12(11)14/h3-7H,13H2,1-2H3,(H2,14,15). The van der Waals surface area contributed by atoms with Crippen LogP contribution in [0.15, 0.2) is 28.8 Å². The van der Waals surface area contributed by atoms with Crippen molar-refractivity contribution in [2.75, 3.05) is 5.73 Å². The van der Waals surface area contributed by atoms with Crippen molar-refractivity contribution in [2.24, 2.45) is 5.73 Å². The summed E-state index contributed by atoms with van der Waals surface area (Å²) in [4.78, 5) is 0. The van der Waals surface area contributed by atoms with Gasteiger partial charge in [0.15, 0.2) is 5.82 Å². The molecule has 84 valence electrons. The van der Waals surface area contributed by atoms with Crippen LogP contribution in [-0.4, -0.2) is 5.16 Å². The van der Waals surface area contributed by atoms with Gasteiger partial charge in [0.1, 0.15) is 5.76 Å². The first kappa shape index (κ1) is 10.7. The van der Waals surface area contributed by atoms with Crippen molar-refractivity contribution in [1.29, 1.82) is 0 Å². The van der Waals surface area contributed by atoms with Gasteiger partial charge in [0.05, 0.1) is 5.56 Å². The summed E-state index contributed by atoms with van der Waals surface area (Å²) in [6.45, 7) is 3.79. The molecule has 2 aromatic rings. The van der Waals surface area contributed by atoms with Gasteiger partial charge in [-0.3, -0.25) is 0 Å². The topological polar surface area (TPSA) is 78.1 Å². The highest BCUT2D eigenvalue weighted by molar-refractivity contribution is 5.75. The molecule has 0 bridgehead atoms. The van der Waals surface area contributed by atoms with Crippen molar-refractivity contribution in [1.82, 2.24) is 5.16 Å². The van der Waals surface area contributed by atoms with Gasteiger partial charge in [0, 0.05) is 6.04 Å². The highest BCUT2D eigenvalue weighted by Gasteiger charge is 2.12. The third-order valence-corrected chi connectivity index (χ3v) is 2.59. The van der Waals surface area contributed by atoms with Gasteiger partial charge in [-0.15, -0.1) is 0 Å². The molecule has 0 amide bonds. The molecule has 0 fully saturated rings. The SMILES string of the molecule is Cc1onc(N)c1-c1cccc(C(C)N)c1. The van der Waals surface area contributed by atoms with Crippen molar-refractivity contribution >= 4 is 5.82 Å². The number of aryl methyl sites for hydroxylation is 1. The van der Waals surface area contributed by atoms with E-state index in [0.29, 0.717) is 5.82 Å². The van der Waals surface area contributed by atoms with E-state index in [-0.39, 0.29) is 6.04 Å². The van der Waals surface area contributed by atoms with E-state index in [1.165, 1.54) is 0 Å². The average Bonchev–Trinajstić information content (AvgIpc) is 2.59. The van der Waals surface area contributed by atoms with Crippen LogP contribution < -0.4 is 11.5 Å². The van der Waals surface area contributed by atoms with E-state index in [1.54, 1.807) is 0 Å². The van der Waals surface area contributed by atoms with Crippen molar-refractivity contribution < 1.29 is 4.52 Å². The molecule has 1 heterocycles. The van der Waals surface area contributed by atoms with Crippen LogP contribution >= 0.6 is 0 Å². The Kier molecular flexibility index (Phi) is 2.66. The second kappa shape index (κ2) is 3.98. The summed E-state index contributed by atoms with van der Waals surface area (Å²) in [5.41, 5.74) is 14.5. The highest BCUT2D eigenvalue weighted by atomic mass is 16.5. The van der Waals surface area contributed by atoms with Gasteiger partial charge in [-0.1, -0.05) is 23.4 Å². The Hall–Kier alpha value is -1.81. The van der Waals surface area contributed by atoms with Crippen LogP contribution in [0.1, 0.15) is 24.3 Å². The molecule has 1 aromatic carbocycles. The Balaban J connectivity index is 2.52. The third-order valence-electron chi connectivity index (χ3n) is 2.59. The average molecular weight is 217 g/mol. The lowest BCUT2D eigenvalue weighted by Gasteiger charge is -2.07. The molecule has 0 spiro atoms. The molecule has 0 saturated heterocycles. The van der Waals surface area contributed by atoms with E-state index in [0.717, 1.165) is 22.5 Å². The Morgan fingerprint density at radius 3 is 2.69 bits per heavy atom. The van der Waals surface area contributed by atoms with Gasteiger partial charge in [0.2, 0.25) is 0 Å². The minimum atomic E-state index is 0.00124. The number of nitrogen functional groups attached to an aromatic ring is 1. The summed E-state index contributed by atoms with van der Waals surface area (Å²) in [6, 6.07) is 7.94. The zero-order valence-corrected chi connectivity index (χ0v) is 9.40. The maximum atomic E-state index is 5.84. The van der Waals surface area contributed by atoms with E-state index in [9.17, 15) is 0 Å². The molecule has 1 aromatic heterocycles. The van der Waals surface area contributed by atoms with E-state index < -0.39 is 0 Å². The lowest BCUT2D eigenvalue weighted by atomic mass is 10.0. The second-order valence-corrected chi connectivity index (χ2v) is 3.91. The first-order valence-electron chi connectivity index (χ1n) is 5.17. The number of benzene rings is 1. The van der Waals surface area contributed by atoms with Crippen LogP contribution in [0.4, 0.5) is 5.82 Å². The molecular weight excluding hydrogens is 202 g/mol. The van der Waals surface area contributed by atoms with Crippen molar-refractivity contribution in [3.05, 3.63) is 35.6 Å². The summed E-state index contributed by atoms with van der Waals surface area (Å²) < 4.78 is 5.04. The summed E-state index contributed by atoms with van der Waals surface area (Å²) >= 11 is 0. The van der Waals surface area contributed by atoms with Crippen LogP contribution in [0, 0.1) is 6.92 Å². The van der Waals surface area contributed by atoms with E-state index >= 15 is 0 Å². The normalized spacial score (nSPS) is 12.7. The molecule has 0 aliphatic carbocycles. The van der Waals surface area contributed by atoms with E-state index in [4.69, 9.17) is 16.0 Å². The largest absolute Gasteiger partial charge is 0.380 e. The first-order chi connectivity index (χ1) is 7.59. The smallest absolute Gasteiger partial charge is 0.175 e. The Labute approximate surface area is 94.2 Å². The fourth-order valence-electron chi connectivity index (χ4n) is 1.72. The van der Waals surface area contributed by atoms with Crippen LogP contribution in [-0.2, 0) is 0 Å². The fraction of sp³-hybridized carbons (Fsp3) is 0.250. The summed E-state index contributed by atoms with van der Waals surface area (Å²) in [5, 5.41) is 3.74. The molecule has 4 N–H and O–H groups in total. The maximum absolute atomic E-state index is 5.84. The zero-order valence-electron chi connectivity index (χ0n) is 9.40. The summed E-state index contributed by atoms with van der Waals surface area (Å²) in [5.74, 6) is 1.14. The number of anilines is 1. The lowest BCUT2D eigenvalue weighted by Crippen LogP contribution is -2.04. The minimum absolute atomic E-state index is 0.00124. The molecule has 1 unspecified atom stereocenters. The summed E-state index contributed by atoms with van der Waals surface area (Å²) in [7, 11) is 0. The number of nitrogens with zero attached hydrogens (tertiary/aromatic N) is 1. The van der Waals surface area contributed by atoms with Crippen molar-refractivity contribution in [2.45, 2.75) is 19.9 Å². The molecule has 16 heavy (non-hydrogen) atoms. The Morgan fingerprint density at radius 2 is 2.12 bits per heavy atom. The Bertz CT molecular complexity index is 483. The van der Waals surface area contributed by atoms with Crippen LogP contribution in [0.2, 0.25) is 0 Å². The summed E-state index contributed by atoms with van der Waals surface area (Å²) in [6.07, 6.45) is 0. The third kappa shape index (κ3) is 1.79. The van der Waals surface area contributed by atoms with Gasteiger partial charge in [-0.25, -0.2) is 0 Å². The number of nitrogens with two attached hydrogens (primary N) is 2. The predicted molar refractivity (Wildman–Crippen MR) is 63.7 cm³/mol. The van der Waals surface area contributed by atoms with Crippen LogP contribution in [0.3, 0.4) is 0 Å². The lowest BCUT2D eigenvalue weighted by molar-refractivity contribution is 0.401. The molecule has 4 nitrogen and oxygen atoms in total. The quantitative estimate of drug-likeness (QED) is 0.808. The van der Waals surface area contributed by atoms with Gasteiger partial charge in [-0.2, -0.15) is 0 Å². The Morgan fingerprint density at radius 1 is 1.38 bits per heavy atom. The zero-order chi connectivity index (χ0) is 11.7. The number of hydrogen-bond donors (Lipinski definition) is 2. The highest BCUT2D eigenvalue weighted by Crippen LogP contribution is 2.30. The van der Waals surface area contributed by atoms with Gasteiger partial charge >= 0.3 is 0 Å². The second-order valence-electron chi connectivity index (χ2n) is 3.91. The van der Waals surface area contributed by atoms with E-state index in [1.807, 2.05) is 38.1 Å². The minimum Gasteiger partial charge on any atom is -0.380 e. The number of rotatable bonds is 2. The molecule has 0 saturated carbocycles. The van der Waals surface area contributed by atoms with Crippen LogP contribution in [0.5, 0.6) is 0 Å². The van der Waals surface area contributed by atoms with E-state index in [2.05, 4.69) is 5.16 Å². The van der Waals surface area contributed by atoms with Crippen LogP contribution in [0.25, 0.3) is 11.1 Å². The predicted octanol–water partition coefficient (Wildman–Crippen LogP) is 2.25. The number of aromatic nitrogens is 1. The molecule has 1 atom stereocenters. The molecule has 4 heteroatoms. The monoisotopic (exact) mass is 217 g/mol. The van der Waals surface area contributed by atoms with Crippen molar-refractivity contribution in [3.63, 3.8) is 0 Å².